The first kappa shape index (κ1) is 25.9. The van der Waals surface area contributed by atoms with Gasteiger partial charge in [0.25, 0.3) is 0 Å². The summed E-state index contributed by atoms with van der Waals surface area (Å²) in [5.74, 6) is 0.920. The minimum Gasteiger partial charge on any atom is -0.356 e. The molecule has 0 unspecified atom stereocenters. The van der Waals surface area contributed by atoms with Crippen molar-refractivity contribution >= 4 is 32.7 Å². The van der Waals surface area contributed by atoms with Gasteiger partial charge in [0.1, 0.15) is 5.82 Å². The van der Waals surface area contributed by atoms with Crippen LogP contribution in [-0.4, -0.2) is 39.4 Å². The van der Waals surface area contributed by atoms with Crippen LogP contribution in [0.3, 0.4) is 0 Å². The van der Waals surface area contributed by atoms with E-state index in [9.17, 15) is 13.2 Å². The molecule has 1 amide bonds. The monoisotopic (exact) mass is 528 g/mol. The molecule has 1 fully saturated rings. The number of aryl methyl sites for hydroxylation is 1. The van der Waals surface area contributed by atoms with Gasteiger partial charge in [0.05, 0.1) is 10.4 Å². The summed E-state index contributed by atoms with van der Waals surface area (Å²) >= 11 is 0. The summed E-state index contributed by atoms with van der Waals surface area (Å²) in [4.78, 5) is 20.5. The Morgan fingerprint density at radius 3 is 2.37 bits per heavy atom. The van der Waals surface area contributed by atoms with Gasteiger partial charge in [0.2, 0.25) is 15.9 Å². The summed E-state index contributed by atoms with van der Waals surface area (Å²) in [5, 5.41) is 4.15. The molecule has 0 aliphatic carbocycles. The molecule has 3 aromatic carbocycles. The van der Waals surface area contributed by atoms with Crippen LogP contribution in [0.4, 0.5) is 5.82 Å². The third-order valence-corrected chi connectivity index (χ3v) is 8.60. The smallest absolute Gasteiger partial charge is 0.240 e. The Balaban J connectivity index is 1.26. The van der Waals surface area contributed by atoms with Gasteiger partial charge < -0.3 is 10.2 Å². The first-order valence-corrected chi connectivity index (χ1v) is 14.3. The highest BCUT2D eigenvalue weighted by atomic mass is 32.2. The van der Waals surface area contributed by atoms with Crippen molar-refractivity contribution in [2.45, 2.75) is 31.2 Å². The lowest BCUT2D eigenvalue weighted by molar-refractivity contribution is -0.125. The number of aromatic nitrogens is 1. The molecule has 5 rings (SSSR count). The SMILES string of the molecule is CNS(=O)(=O)c1ccc(CNC(=O)C2CCN(c3nc4ccc(C)cc4cc3-c3ccccc3)CC2)cc1. The molecule has 1 aliphatic rings. The van der Waals surface area contributed by atoms with E-state index in [1.807, 2.05) is 18.2 Å². The van der Waals surface area contributed by atoms with Crippen LogP contribution in [0.5, 0.6) is 0 Å². The Morgan fingerprint density at radius 1 is 0.974 bits per heavy atom. The quantitative estimate of drug-likeness (QED) is 0.364. The number of hydrogen-bond acceptors (Lipinski definition) is 5. The molecule has 1 aromatic heterocycles. The molecular weight excluding hydrogens is 496 g/mol. The van der Waals surface area contributed by atoms with Crippen LogP contribution in [0, 0.1) is 12.8 Å². The summed E-state index contributed by atoms with van der Waals surface area (Å²) in [7, 11) is -2.09. The number of nitrogens with one attached hydrogen (secondary N) is 2. The largest absolute Gasteiger partial charge is 0.356 e. The summed E-state index contributed by atoms with van der Waals surface area (Å²) in [6.45, 7) is 3.95. The molecular formula is C30H32N4O3S. The van der Waals surface area contributed by atoms with Crippen LogP contribution >= 0.6 is 0 Å². The minimum atomic E-state index is -3.47. The third-order valence-electron chi connectivity index (χ3n) is 7.17. The van der Waals surface area contributed by atoms with Crippen molar-refractivity contribution in [2.75, 3.05) is 25.0 Å². The maximum atomic E-state index is 12.9. The van der Waals surface area contributed by atoms with E-state index < -0.39 is 10.0 Å². The molecule has 196 valence electrons. The normalized spacial score (nSPS) is 14.5. The molecule has 7 nitrogen and oxygen atoms in total. The number of carbonyl (C=O) groups is 1. The molecule has 2 N–H and O–H groups in total. The number of amides is 1. The van der Waals surface area contributed by atoms with Gasteiger partial charge in [-0.1, -0.05) is 54.1 Å². The maximum absolute atomic E-state index is 12.9. The number of hydrogen-bond donors (Lipinski definition) is 2. The van der Waals surface area contributed by atoms with Gasteiger partial charge >= 0.3 is 0 Å². The highest BCUT2D eigenvalue weighted by Crippen LogP contribution is 2.34. The highest BCUT2D eigenvalue weighted by Gasteiger charge is 2.27. The Hall–Kier alpha value is -3.75. The number of nitrogens with zero attached hydrogens (tertiary/aromatic N) is 2. The van der Waals surface area contributed by atoms with Crippen molar-refractivity contribution < 1.29 is 13.2 Å². The van der Waals surface area contributed by atoms with E-state index in [0.29, 0.717) is 6.54 Å². The number of anilines is 1. The van der Waals surface area contributed by atoms with E-state index in [4.69, 9.17) is 4.98 Å². The number of benzene rings is 3. The molecule has 0 bridgehead atoms. The lowest BCUT2D eigenvalue weighted by atomic mass is 9.94. The molecule has 0 saturated carbocycles. The topological polar surface area (TPSA) is 91.4 Å². The van der Waals surface area contributed by atoms with Crippen molar-refractivity contribution in [3.63, 3.8) is 0 Å². The van der Waals surface area contributed by atoms with Crippen molar-refractivity contribution in [1.82, 2.24) is 15.0 Å². The number of sulfonamides is 1. The molecule has 2 heterocycles. The van der Waals surface area contributed by atoms with E-state index in [0.717, 1.165) is 59.3 Å². The van der Waals surface area contributed by atoms with E-state index in [1.54, 1.807) is 24.3 Å². The standard InChI is InChI=1S/C30H32N4O3S/c1-21-8-13-28-25(18-21)19-27(23-6-4-3-5-7-23)29(33-28)34-16-14-24(15-17-34)30(35)32-20-22-9-11-26(12-10-22)38(36,37)31-2/h3-13,18-19,24,31H,14-17,20H2,1-2H3,(H,32,35). The van der Waals surface area contributed by atoms with E-state index in [2.05, 4.69) is 58.3 Å². The number of pyridine rings is 1. The zero-order valence-corrected chi connectivity index (χ0v) is 22.5. The van der Waals surface area contributed by atoms with Crippen molar-refractivity contribution in [3.8, 4) is 11.1 Å². The number of piperidine rings is 1. The Labute approximate surface area is 224 Å². The Kier molecular flexibility index (Phi) is 7.44. The predicted molar refractivity (Wildman–Crippen MR) is 151 cm³/mol. The zero-order valence-electron chi connectivity index (χ0n) is 21.6. The maximum Gasteiger partial charge on any atom is 0.240 e. The first-order chi connectivity index (χ1) is 18.3. The molecule has 1 aliphatic heterocycles. The lowest BCUT2D eigenvalue weighted by Crippen LogP contribution is -2.40. The van der Waals surface area contributed by atoms with Gasteiger partial charge in [-0.3, -0.25) is 4.79 Å². The fourth-order valence-electron chi connectivity index (χ4n) is 4.95. The van der Waals surface area contributed by atoms with Gasteiger partial charge in [0, 0.05) is 36.5 Å². The van der Waals surface area contributed by atoms with Crippen LogP contribution in [0.15, 0.2) is 83.8 Å². The molecule has 0 spiro atoms. The molecule has 8 heteroatoms. The Bertz CT molecular complexity index is 1550. The fraction of sp³-hybridized carbons (Fsp3) is 0.267. The molecule has 1 saturated heterocycles. The second-order valence-electron chi connectivity index (χ2n) is 9.75. The minimum absolute atomic E-state index is 0.0294. The number of fused-ring (bicyclic) bond motifs is 1. The van der Waals surface area contributed by atoms with Crippen molar-refractivity contribution in [3.05, 3.63) is 90.0 Å². The third kappa shape index (κ3) is 5.56. The second-order valence-corrected chi connectivity index (χ2v) is 11.6. The Morgan fingerprint density at radius 2 is 1.68 bits per heavy atom. The van der Waals surface area contributed by atoms with Crippen LogP contribution in [0.1, 0.15) is 24.0 Å². The fourth-order valence-corrected chi connectivity index (χ4v) is 5.68. The molecule has 0 atom stereocenters. The second kappa shape index (κ2) is 10.9. The van der Waals surface area contributed by atoms with Crippen molar-refractivity contribution in [1.29, 1.82) is 0 Å². The molecule has 4 aromatic rings. The molecule has 38 heavy (non-hydrogen) atoms. The average molecular weight is 529 g/mol. The van der Waals surface area contributed by atoms with Crippen LogP contribution in [-0.2, 0) is 21.4 Å². The first-order valence-electron chi connectivity index (χ1n) is 12.9. The van der Waals surface area contributed by atoms with Crippen LogP contribution in [0.2, 0.25) is 0 Å². The summed E-state index contributed by atoms with van der Waals surface area (Å²) < 4.78 is 26.1. The lowest BCUT2D eigenvalue weighted by Gasteiger charge is -2.33. The van der Waals surface area contributed by atoms with Gasteiger partial charge in [-0.25, -0.2) is 18.1 Å². The van der Waals surface area contributed by atoms with Gasteiger partial charge in [-0.2, -0.15) is 0 Å². The van der Waals surface area contributed by atoms with E-state index in [-0.39, 0.29) is 16.7 Å². The number of carbonyl (C=O) groups excluding carboxylic acids is 1. The van der Waals surface area contributed by atoms with Crippen LogP contribution < -0.4 is 14.9 Å². The highest BCUT2D eigenvalue weighted by molar-refractivity contribution is 7.89. The van der Waals surface area contributed by atoms with E-state index in [1.165, 1.54) is 12.6 Å². The van der Waals surface area contributed by atoms with E-state index >= 15 is 0 Å². The summed E-state index contributed by atoms with van der Waals surface area (Å²) in [5.41, 5.74) is 5.27. The summed E-state index contributed by atoms with van der Waals surface area (Å²) in [6.07, 6.45) is 1.49. The average Bonchev–Trinajstić information content (AvgIpc) is 2.96. The van der Waals surface area contributed by atoms with Gasteiger partial charge in [0.15, 0.2) is 0 Å². The zero-order chi connectivity index (χ0) is 26.7. The summed E-state index contributed by atoms with van der Waals surface area (Å²) in [6, 6.07) is 25.4. The van der Waals surface area contributed by atoms with Crippen LogP contribution in [0.25, 0.3) is 22.0 Å². The van der Waals surface area contributed by atoms with Crippen molar-refractivity contribution in [2.24, 2.45) is 5.92 Å². The van der Waals surface area contributed by atoms with Gasteiger partial charge in [-0.15, -0.1) is 0 Å². The number of rotatable bonds is 7. The van der Waals surface area contributed by atoms with Gasteiger partial charge in [-0.05, 0) is 68.3 Å². The predicted octanol–water partition coefficient (Wildman–Crippen LogP) is 4.65. The molecule has 0 radical (unpaired) electrons.